The molecule has 0 amide bonds. The van der Waals surface area contributed by atoms with Gasteiger partial charge in [-0.05, 0) is 5.92 Å². The van der Waals surface area contributed by atoms with Gasteiger partial charge in [0, 0.05) is 0 Å². The molecule has 56 valence electrons. The van der Waals surface area contributed by atoms with E-state index in [9.17, 15) is 4.79 Å². The fraction of sp³-hybridized carbons (Fsp3) is 0.571. The van der Waals surface area contributed by atoms with Crippen LogP contribution < -0.4 is 0 Å². The number of hydrogen-bond donors (Lipinski definition) is 1. The van der Waals surface area contributed by atoms with Gasteiger partial charge in [0.2, 0.25) is 0 Å². The van der Waals surface area contributed by atoms with E-state index in [4.69, 9.17) is 11.5 Å². The third-order valence-electron chi connectivity index (χ3n) is 1.08. The van der Waals surface area contributed by atoms with Crippen LogP contribution in [0.4, 0.5) is 0 Å². The Labute approximate surface area is 60.9 Å². The number of hydrogen-bond acceptors (Lipinski definition) is 1. The summed E-state index contributed by atoms with van der Waals surface area (Å²) in [6, 6.07) is 0. The van der Waals surface area contributed by atoms with Gasteiger partial charge >= 0.3 is 5.97 Å². The van der Waals surface area contributed by atoms with Crippen molar-refractivity contribution in [2.45, 2.75) is 0 Å². The highest BCUT2D eigenvalue weighted by Crippen LogP contribution is 1.93. The average molecular weight is 142 g/mol. The van der Waals surface area contributed by atoms with Crippen molar-refractivity contribution in [3.05, 3.63) is 0 Å². The second-order valence-electron chi connectivity index (χ2n) is 2.85. The van der Waals surface area contributed by atoms with E-state index in [1.165, 1.54) is 0 Å². The van der Waals surface area contributed by atoms with E-state index in [1.54, 1.807) is 14.1 Å². The van der Waals surface area contributed by atoms with Crippen molar-refractivity contribution in [2.24, 2.45) is 0 Å². The van der Waals surface area contributed by atoms with Crippen LogP contribution in [-0.2, 0) is 4.79 Å². The third-order valence-corrected chi connectivity index (χ3v) is 1.08. The standard InChI is InChI=1S/C7H11NO2/c1-4-5-8(2,3)6-7(9)10/h1H,5-6H2,2-3H3/p+1. The maximum Gasteiger partial charge on any atom is 0.359 e. The number of carbonyl (C=O) groups is 1. The second-order valence-corrected chi connectivity index (χ2v) is 2.85. The monoisotopic (exact) mass is 142 g/mol. The number of quaternary nitrogens is 1. The first kappa shape index (κ1) is 8.99. The normalized spacial score (nSPS) is 10.5. The summed E-state index contributed by atoms with van der Waals surface area (Å²) in [6.45, 7) is 0.524. The molecule has 1 N–H and O–H groups in total. The molecule has 0 rings (SSSR count). The molecule has 0 aliphatic carbocycles. The van der Waals surface area contributed by atoms with Gasteiger partial charge in [-0.1, -0.05) is 0 Å². The van der Waals surface area contributed by atoms with Crippen LogP contribution in [0, 0.1) is 12.3 Å². The zero-order chi connectivity index (χ0) is 8.20. The van der Waals surface area contributed by atoms with Gasteiger partial charge in [-0.25, -0.2) is 4.79 Å². The van der Waals surface area contributed by atoms with Crippen LogP contribution in [0.3, 0.4) is 0 Å². The number of aliphatic carboxylic acids is 1. The number of rotatable bonds is 3. The minimum atomic E-state index is -0.819. The molecule has 0 fully saturated rings. The Morgan fingerprint density at radius 1 is 1.70 bits per heavy atom. The van der Waals surface area contributed by atoms with Crippen molar-refractivity contribution < 1.29 is 14.4 Å². The maximum absolute atomic E-state index is 10.2. The minimum Gasteiger partial charge on any atom is -0.477 e. The van der Waals surface area contributed by atoms with Gasteiger partial charge in [-0.3, -0.25) is 0 Å². The molecule has 0 aromatic carbocycles. The Morgan fingerprint density at radius 3 is 2.50 bits per heavy atom. The Bertz CT molecular complexity index is 167. The highest BCUT2D eigenvalue weighted by atomic mass is 16.4. The SMILES string of the molecule is C#CC[N+](C)(C)CC(=O)O. The van der Waals surface area contributed by atoms with Crippen LogP contribution in [-0.4, -0.2) is 42.7 Å². The van der Waals surface area contributed by atoms with Crippen LogP contribution in [0.2, 0.25) is 0 Å². The molecule has 0 bridgehead atoms. The van der Waals surface area contributed by atoms with Gasteiger partial charge in [0.25, 0.3) is 0 Å². The number of terminal acetylenes is 1. The van der Waals surface area contributed by atoms with Crippen molar-refractivity contribution >= 4 is 5.97 Å². The van der Waals surface area contributed by atoms with Crippen molar-refractivity contribution in [3.63, 3.8) is 0 Å². The molecule has 0 saturated heterocycles. The van der Waals surface area contributed by atoms with E-state index >= 15 is 0 Å². The molecule has 0 unspecified atom stereocenters. The van der Waals surface area contributed by atoms with Gasteiger partial charge < -0.3 is 9.59 Å². The Balaban J connectivity index is 3.89. The first-order valence-corrected chi connectivity index (χ1v) is 2.95. The Kier molecular flexibility index (Phi) is 2.91. The lowest BCUT2D eigenvalue weighted by Crippen LogP contribution is -2.43. The maximum atomic E-state index is 10.2. The van der Waals surface area contributed by atoms with Gasteiger partial charge in [0.1, 0.15) is 6.54 Å². The summed E-state index contributed by atoms with van der Waals surface area (Å²) < 4.78 is 0.339. The smallest absolute Gasteiger partial charge is 0.359 e. The van der Waals surface area contributed by atoms with Crippen LogP contribution >= 0.6 is 0 Å². The average Bonchev–Trinajstić information content (AvgIpc) is 1.59. The van der Waals surface area contributed by atoms with E-state index in [2.05, 4.69) is 5.92 Å². The molecule has 0 atom stereocenters. The zero-order valence-electron chi connectivity index (χ0n) is 6.29. The van der Waals surface area contributed by atoms with Crippen LogP contribution in [0.5, 0.6) is 0 Å². The molecule has 0 heterocycles. The lowest BCUT2D eigenvalue weighted by atomic mass is 10.4. The van der Waals surface area contributed by atoms with Gasteiger partial charge in [-0.15, -0.1) is 6.42 Å². The van der Waals surface area contributed by atoms with Crippen LogP contribution in [0.25, 0.3) is 0 Å². The highest BCUT2D eigenvalue weighted by Gasteiger charge is 2.17. The van der Waals surface area contributed by atoms with Crippen molar-refractivity contribution in [2.75, 3.05) is 27.2 Å². The molecule has 10 heavy (non-hydrogen) atoms. The first-order chi connectivity index (χ1) is 4.48. The van der Waals surface area contributed by atoms with Crippen LogP contribution in [0.15, 0.2) is 0 Å². The number of carboxylic acids is 1. The molecule has 0 aliphatic heterocycles. The summed E-state index contributed by atoms with van der Waals surface area (Å²) >= 11 is 0. The van der Waals surface area contributed by atoms with Gasteiger partial charge in [0.15, 0.2) is 6.54 Å². The quantitative estimate of drug-likeness (QED) is 0.437. The molecule has 0 aromatic heterocycles. The number of likely N-dealkylation sites (N-methyl/N-ethyl adjacent to an activating group) is 1. The summed E-state index contributed by atoms with van der Waals surface area (Å²) in [5, 5.41) is 8.39. The Hall–Kier alpha value is -1.01. The van der Waals surface area contributed by atoms with Crippen LogP contribution in [0.1, 0.15) is 0 Å². The second kappa shape index (κ2) is 3.23. The summed E-state index contributed by atoms with van der Waals surface area (Å²) in [7, 11) is 3.57. The van der Waals surface area contributed by atoms with Gasteiger partial charge in [-0.2, -0.15) is 0 Å². The molecule has 0 radical (unpaired) electrons. The fourth-order valence-corrected chi connectivity index (χ4v) is 0.669. The van der Waals surface area contributed by atoms with E-state index in [0.29, 0.717) is 11.0 Å². The van der Waals surface area contributed by atoms with E-state index in [0.717, 1.165) is 0 Å². The molecule has 0 spiro atoms. The van der Waals surface area contributed by atoms with E-state index in [1.807, 2.05) is 0 Å². The van der Waals surface area contributed by atoms with E-state index in [-0.39, 0.29) is 6.54 Å². The van der Waals surface area contributed by atoms with Crippen molar-refractivity contribution in [1.29, 1.82) is 0 Å². The third kappa shape index (κ3) is 3.93. The minimum absolute atomic E-state index is 0.0736. The summed E-state index contributed by atoms with van der Waals surface area (Å²) in [6.07, 6.45) is 5.03. The molecular formula is C7H12NO2+. The fourth-order valence-electron chi connectivity index (χ4n) is 0.669. The lowest BCUT2D eigenvalue weighted by molar-refractivity contribution is -0.875. The molecule has 0 aromatic rings. The molecule has 0 aliphatic rings. The predicted octanol–water partition coefficient (Wildman–Crippen LogP) is -0.219. The number of nitrogens with zero attached hydrogens (tertiary/aromatic N) is 1. The molecule has 3 heteroatoms. The van der Waals surface area contributed by atoms with Gasteiger partial charge in [0.05, 0.1) is 14.1 Å². The Morgan fingerprint density at radius 2 is 2.20 bits per heavy atom. The highest BCUT2D eigenvalue weighted by molar-refractivity contribution is 5.67. The number of carboxylic acid groups (broad SMARTS) is 1. The largest absolute Gasteiger partial charge is 0.477 e. The topological polar surface area (TPSA) is 37.3 Å². The zero-order valence-corrected chi connectivity index (χ0v) is 6.29. The van der Waals surface area contributed by atoms with E-state index < -0.39 is 5.97 Å². The summed E-state index contributed by atoms with van der Waals surface area (Å²) in [5.74, 6) is 1.60. The lowest BCUT2D eigenvalue weighted by Gasteiger charge is -2.24. The summed E-state index contributed by atoms with van der Waals surface area (Å²) in [5.41, 5.74) is 0. The predicted molar refractivity (Wildman–Crippen MR) is 38.3 cm³/mol. The molecule has 0 saturated carbocycles. The van der Waals surface area contributed by atoms with Crippen molar-refractivity contribution in [1.82, 2.24) is 0 Å². The van der Waals surface area contributed by atoms with Crippen molar-refractivity contribution in [3.8, 4) is 12.3 Å². The molecular weight excluding hydrogens is 130 g/mol. The summed E-state index contributed by atoms with van der Waals surface area (Å²) in [4.78, 5) is 10.2. The molecule has 3 nitrogen and oxygen atoms in total. The first-order valence-electron chi connectivity index (χ1n) is 2.95.